The minimum absolute atomic E-state index is 0.0599. The van der Waals surface area contributed by atoms with Gasteiger partial charge in [-0.3, -0.25) is 9.88 Å². The standard InChI is InChI=1S/C28H26F4N5O2/c1-36(2)25-21-13-33-23(20-11-18(39-26(31)32)10-16-6-3-4-7-19(16)20)22(30)24(21)34-27(35-25)38-15-28-8-5-9-37(28)14-17(29)12-28/h3-4,6-7,10-11,13,17,26H,1,5,8-9,12,14-15H2,2H3/q+1/t17-,28+/m1/s1. The second-order valence-corrected chi connectivity index (χ2v) is 10.1. The predicted octanol–water partition coefficient (Wildman–Crippen LogP) is 5.52. The molecule has 2 aliphatic rings. The van der Waals surface area contributed by atoms with E-state index in [9.17, 15) is 13.2 Å². The molecule has 0 spiro atoms. The molecule has 2 aromatic carbocycles. The van der Waals surface area contributed by atoms with E-state index < -0.39 is 24.1 Å². The molecule has 0 radical (unpaired) electrons. The number of aromatic nitrogens is 3. The van der Waals surface area contributed by atoms with E-state index in [1.807, 2.05) is 0 Å². The molecule has 0 aliphatic carbocycles. The quantitative estimate of drug-likeness (QED) is 0.175. The van der Waals surface area contributed by atoms with Crippen molar-refractivity contribution < 1.29 is 31.6 Å². The Kier molecular flexibility index (Phi) is 6.33. The van der Waals surface area contributed by atoms with Crippen LogP contribution in [0.4, 0.5) is 23.4 Å². The fourth-order valence-corrected chi connectivity index (χ4v) is 5.86. The minimum Gasteiger partial charge on any atom is -0.443 e. The topological polar surface area (TPSA) is 63.4 Å². The van der Waals surface area contributed by atoms with Crippen LogP contribution in [0.5, 0.6) is 11.8 Å². The zero-order chi connectivity index (χ0) is 27.3. The molecular formula is C28H26F4N5O2+. The van der Waals surface area contributed by atoms with Crippen LogP contribution >= 0.6 is 0 Å². The van der Waals surface area contributed by atoms with Crippen LogP contribution in [0.1, 0.15) is 19.3 Å². The molecule has 0 unspecified atom stereocenters. The fourth-order valence-electron chi connectivity index (χ4n) is 5.86. The van der Waals surface area contributed by atoms with Gasteiger partial charge in [-0.1, -0.05) is 24.3 Å². The highest BCUT2D eigenvalue weighted by Crippen LogP contribution is 2.41. The van der Waals surface area contributed by atoms with Gasteiger partial charge in [0.05, 0.1) is 19.3 Å². The zero-order valence-corrected chi connectivity index (χ0v) is 21.2. The average Bonchev–Trinajstić information content (AvgIpc) is 3.42. The first kappa shape index (κ1) is 25.4. The maximum absolute atomic E-state index is 16.2. The maximum atomic E-state index is 16.2. The molecule has 4 heterocycles. The van der Waals surface area contributed by atoms with Crippen molar-refractivity contribution in [3.05, 3.63) is 48.4 Å². The molecule has 2 atom stereocenters. The monoisotopic (exact) mass is 540 g/mol. The highest BCUT2D eigenvalue weighted by molar-refractivity contribution is 5.99. The van der Waals surface area contributed by atoms with Crippen molar-refractivity contribution in [2.24, 2.45) is 0 Å². The molecule has 0 amide bonds. The van der Waals surface area contributed by atoms with Crippen LogP contribution in [-0.2, 0) is 0 Å². The summed E-state index contributed by atoms with van der Waals surface area (Å²) in [5, 5.41) is 1.49. The maximum Gasteiger partial charge on any atom is 0.434 e. The number of benzene rings is 2. The predicted molar refractivity (Wildman–Crippen MR) is 138 cm³/mol. The summed E-state index contributed by atoms with van der Waals surface area (Å²) in [7, 11) is 1.65. The number of alkyl halides is 3. The Morgan fingerprint density at radius 1 is 1.21 bits per heavy atom. The summed E-state index contributed by atoms with van der Waals surface area (Å²) in [6.45, 7) is 2.20. The first-order valence-electron chi connectivity index (χ1n) is 12.6. The molecule has 11 heteroatoms. The smallest absolute Gasteiger partial charge is 0.434 e. The number of fused-ring (bicyclic) bond motifs is 3. The molecule has 7 nitrogen and oxygen atoms in total. The van der Waals surface area contributed by atoms with Crippen LogP contribution in [0.3, 0.4) is 0 Å². The highest BCUT2D eigenvalue weighted by atomic mass is 19.3. The number of nitrogens with zero attached hydrogens (tertiary/aromatic N) is 5. The van der Waals surface area contributed by atoms with Gasteiger partial charge < -0.3 is 9.47 Å². The number of hydrogen-bond donors (Lipinski definition) is 0. The third kappa shape index (κ3) is 4.54. The Bertz CT molecular complexity index is 1600. The lowest BCUT2D eigenvalue weighted by atomic mass is 9.95. The van der Waals surface area contributed by atoms with Crippen LogP contribution in [0.2, 0.25) is 0 Å². The van der Waals surface area contributed by atoms with Crippen molar-refractivity contribution in [1.82, 2.24) is 19.9 Å². The van der Waals surface area contributed by atoms with E-state index in [1.165, 1.54) is 22.9 Å². The Morgan fingerprint density at radius 3 is 2.82 bits per heavy atom. The molecule has 4 aromatic rings. The van der Waals surface area contributed by atoms with Gasteiger partial charge in [-0.15, -0.1) is 0 Å². The summed E-state index contributed by atoms with van der Waals surface area (Å²) in [4.78, 5) is 15.3. The van der Waals surface area contributed by atoms with E-state index in [0.29, 0.717) is 34.9 Å². The molecule has 2 aliphatic heterocycles. The molecule has 0 N–H and O–H groups in total. The molecule has 0 saturated carbocycles. The van der Waals surface area contributed by atoms with Crippen LogP contribution in [0.15, 0.2) is 42.6 Å². The molecule has 2 aromatic heterocycles. The normalized spacial score (nSPS) is 21.1. The van der Waals surface area contributed by atoms with Gasteiger partial charge in [0.25, 0.3) is 0 Å². The number of halogens is 4. The van der Waals surface area contributed by atoms with Crippen molar-refractivity contribution in [2.45, 2.75) is 37.6 Å². The average molecular weight is 541 g/mol. The van der Waals surface area contributed by atoms with Crippen molar-refractivity contribution in [2.75, 3.05) is 26.7 Å². The first-order valence-corrected chi connectivity index (χ1v) is 12.6. The summed E-state index contributed by atoms with van der Waals surface area (Å²) in [5.74, 6) is -0.594. The van der Waals surface area contributed by atoms with E-state index in [4.69, 9.17) is 4.74 Å². The van der Waals surface area contributed by atoms with Gasteiger partial charge in [0, 0.05) is 29.7 Å². The molecule has 2 fully saturated rings. The van der Waals surface area contributed by atoms with Gasteiger partial charge in [0.2, 0.25) is 0 Å². The van der Waals surface area contributed by atoms with E-state index >= 15 is 4.39 Å². The van der Waals surface area contributed by atoms with Gasteiger partial charge in [-0.05, 0) is 42.3 Å². The number of ether oxygens (including phenoxy) is 2. The van der Waals surface area contributed by atoms with E-state index in [-0.39, 0.29) is 35.1 Å². The van der Waals surface area contributed by atoms with Crippen molar-refractivity contribution in [1.29, 1.82) is 0 Å². The van der Waals surface area contributed by atoms with Gasteiger partial charge >= 0.3 is 18.4 Å². The molecule has 202 valence electrons. The van der Waals surface area contributed by atoms with Gasteiger partial charge in [-0.2, -0.15) is 13.8 Å². The summed E-state index contributed by atoms with van der Waals surface area (Å²) < 4.78 is 68.5. The van der Waals surface area contributed by atoms with Crippen LogP contribution in [0.25, 0.3) is 32.9 Å². The molecule has 0 bridgehead atoms. The highest BCUT2D eigenvalue weighted by Gasteiger charge is 2.49. The molecule has 2 saturated heterocycles. The summed E-state index contributed by atoms with van der Waals surface area (Å²) in [6, 6.07) is 9.71. The first-order chi connectivity index (χ1) is 18.7. The Hall–Kier alpha value is -3.86. The largest absolute Gasteiger partial charge is 0.443 e. The summed E-state index contributed by atoms with van der Waals surface area (Å²) in [5.41, 5.74) is -0.304. The van der Waals surface area contributed by atoms with Crippen LogP contribution in [0, 0.1) is 5.82 Å². The van der Waals surface area contributed by atoms with E-state index in [2.05, 4.69) is 31.3 Å². The van der Waals surface area contributed by atoms with Crippen molar-refractivity contribution in [3.63, 3.8) is 0 Å². The molecule has 6 rings (SSSR count). The third-order valence-corrected chi connectivity index (χ3v) is 7.55. The zero-order valence-electron chi connectivity index (χ0n) is 21.2. The summed E-state index contributed by atoms with van der Waals surface area (Å²) >= 11 is 0. The van der Waals surface area contributed by atoms with Gasteiger partial charge in [0.15, 0.2) is 5.82 Å². The second-order valence-electron chi connectivity index (χ2n) is 10.1. The lowest BCUT2D eigenvalue weighted by Gasteiger charge is -2.30. The summed E-state index contributed by atoms with van der Waals surface area (Å²) in [6.07, 6.45) is 2.63. The number of pyridine rings is 1. The number of hydrogen-bond acceptors (Lipinski definition) is 6. The molecule has 39 heavy (non-hydrogen) atoms. The number of rotatable bonds is 7. The van der Waals surface area contributed by atoms with Crippen LogP contribution in [-0.4, -0.2) is 76.2 Å². The molecular weight excluding hydrogens is 514 g/mol. The lowest BCUT2D eigenvalue weighted by molar-refractivity contribution is -0.397. The van der Waals surface area contributed by atoms with Crippen molar-refractivity contribution >= 4 is 34.2 Å². The fraction of sp³-hybridized carbons (Fsp3) is 0.357. The lowest BCUT2D eigenvalue weighted by Crippen LogP contribution is -2.43. The van der Waals surface area contributed by atoms with E-state index in [1.54, 1.807) is 31.3 Å². The Morgan fingerprint density at radius 2 is 2.03 bits per heavy atom. The van der Waals surface area contributed by atoms with E-state index in [0.717, 1.165) is 19.4 Å². The SMILES string of the molecule is C=[N+](C)c1nc(OC[C@@]23CCCN2C[C@H](F)C3)nc2c(F)c(-c3cc(OC(F)F)cc4ccccc34)ncc12. The van der Waals surface area contributed by atoms with Crippen LogP contribution < -0.4 is 9.47 Å². The Labute approximate surface area is 221 Å². The van der Waals surface area contributed by atoms with Gasteiger partial charge in [-0.25, -0.2) is 13.4 Å². The Balaban J connectivity index is 1.45. The second kappa shape index (κ2) is 9.71. The van der Waals surface area contributed by atoms with Crippen molar-refractivity contribution in [3.8, 4) is 23.0 Å². The third-order valence-electron chi connectivity index (χ3n) is 7.55. The minimum atomic E-state index is -3.04. The van der Waals surface area contributed by atoms with Gasteiger partial charge in [0.1, 0.15) is 35.1 Å².